The smallest absolute Gasteiger partial charge is 0.383 e. The number of anilines is 1. The Morgan fingerprint density at radius 1 is 1.39 bits per heavy atom. The summed E-state index contributed by atoms with van der Waals surface area (Å²) in [6, 6.07) is 0.880. The highest BCUT2D eigenvalue weighted by molar-refractivity contribution is 6.28. The summed E-state index contributed by atoms with van der Waals surface area (Å²) in [5.74, 6) is 0.141. The molecule has 0 fully saturated rings. The van der Waals surface area contributed by atoms with Crippen molar-refractivity contribution < 1.29 is 17.9 Å². The fraction of sp³-hybridized carbons (Fsp3) is 0.600. The van der Waals surface area contributed by atoms with Gasteiger partial charge in [-0.1, -0.05) is 0 Å². The van der Waals surface area contributed by atoms with Gasteiger partial charge in [-0.3, -0.25) is 0 Å². The first-order chi connectivity index (χ1) is 8.38. The largest absolute Gasteiger partial charge is 0.433 e. The normalized spacial score (nSPS) is 11.7. The lowest BCUT2D eigenvalue weighted by molar-refractivity contribution is -0.141. The van der Waals surface area contributed by atoms with E-state index in [4.69, 9.17) is 16.3 Å². The van der Waals surface area contributed by atoms with Gasteiger partial charge in [0, 0.05) is 26.3 Å². The lowest BCUT2D eigenvalue weighted by Gasteiger charge is -2.22. The maximum absolute atomic E-state index is 12.6. The minimum Gasteiger partial charge on any atom is -0.383 e. The molecule has 0 atom stereocenters. The molecule has 0 aliphatic carbocycles. The number of halogens is 4. The molecule has 0 aromatic carbocycles. The van der Waals surface area contributed by atoms with Gasteiger partial charge in [0.25, 0.3) is 0 Å². The van der Waals surface area contributed by atoms with Crippen LogP contribution in [-0.4, -0.2) is 36.8 Å². The van der Waals surface area contributed by atoms with Crippen LogP contribution in [0.3, 0.4) is 0 Å². The van der Waals surface area contributed by atoms with Crippen LogP contribution < -0.4 is 4.90 Å². The summed E-state index contributed by atoms with van der Waals surface area (Å²) in [7, 11) is 1.52. The highest BCUT2D eigenvalue weighted by Crippen LogP contribution is 2.30. The Labute approximate surface area is 108 Å². The van der Waals surface area contributed by atoms with Crippen LogP contribution in [0, 0.1) is 0 Å². The van der Waals surface area contributed by atoms with E-state index < -0.39 is 17.2 Å². The van der Waals surface area contributed by atoms with E-state index in [1.165, 1.54) is 7.11 Å². The third kappa shape index (κ3) is 3.99. The molecule has 0 aliphatic heterocycles. The van der Waals surface area contributed by atoms with E-state index in [0.717, 1.165) is 6.07 Å². The van der Waals surface area contributed by atoms with Gasteiger partial charge in [0.05, 0.1) is 6.61 Å². The van der Waals surface area contributed by atoms with Crippen LogP contribution in [0.4, 0.5) is 19.0 Å². The first-order valence-electron chi connectivity index (χ1n) is 5.24. The van der Waals surface area contributed by atoms with Gasteiger partial charge in [-0.15, -0.1) is 0 Å². The fourth-order valence-electron chi connectivity index (χ4n) is 1.35. The van der Waals surface area contributed by atoms with Crippen LogP contribution in [0.25, 0.3) is 0 Å². The molecule has 18 heavy (non-hydrogen) atoms. The van der Waals surface area contributed by atoms with Crippen molar-refractivity contribution in [3.63, 3.8) is 0 Å². The second-order valence-corrected chi connectivity index (χ2v) is 3.79. The quantitative estimate of drug-likeness (QED) is 0.779. The predicted molar refractivity (Wildman–Crippen MR) is 61.8 cm³/mol. The van der Waals surface area contributed by atoms with Crippen molar-refractivity contribution in [2.75, 3.05) is 31.7 Å². The Morgan fingerprint density at radius 2 is 2.06 bits per heavy atom. The summed E-state index contributed by atoms with van der Waals surface area (Å²) >= 11 is 5.51. The zero-order valence-corrected chi connectivity index (χ0v) is 10.7. The van der Waals surface area contributed by atoms with E-state index in [1.807, 2.05) is 0 Å². The maximum atomic E-state index is 12.6. The average Bonchev–Trinajstić information content (AvgIpc) is 2.28. The zero-order chi connectivity index (χ0) is 13.8. The van der Waals surface area contributed by atoms with E-state index >= 15 is 0 Å². The van der Waals surface area contributed by atoms with Crippen molar-refractivity contribution in [1.82, 2.24) is 9.97 Å². The number of nitrogens with zero attached hydrogens (tertiary/aromatic N) is 3. The topological polar surface area (TPSA) is 38.2 Å². The Kier molecular flexibility index (Phi) is 5.15. The van der Waals surface area contributed by atoms with Gasteiger partial charge in [-0.2, -0.15) is 13.2 Å². The number of rotatable bonds is 5. The second kappa shape index (κ2) is 6.19. The standard InChI is InChI=1S/C10H13ClF3N3O/c1-3-17(4-5-18-2)8-6-7(10(12,13)14)15-9(11)16-8/h6H,3-5H2,1-2H3. The number of alkyl halides is 3. The maximum Gasteiger partial charge on any atom is 0.433 e. The molecule has 0 amide bonds. The lowest BCUT2D eigenvalue weighted by atomic mass is 10.3. The van der Waals surface area contributed by atoms with E-state index in [-0.39, 0.29) is 5.82 Å². The van der Waals surface area contributed by atoms with Gasteiger partial charge in [0.1, 0.15) is 5.82 Å². The van der Waals surface area contributed by atoms with Crippen LogP contribution in [0.15, 0.2) is 6.07 Å². The molecule has 4 nitrogen and oxygen atoms in total. The molecule has 1 heterocycles. The molecule has 102 valence electrons. The fourth-order valence-corrected chi connectivity index (χ4v) is 1.53. The number of ether oxygens (including phenoxy) is 1. The van der Waals surface area contributed by atoms with Crippen LogP contribution in [0.5, 0.6) is 0 Å². The summed E-state index contributed by atoms with van der Waals surface area (Å²) in [5, 5.41) is -0.421. The molecule has 1 rings (SSSR count). The molecule has 8 heteroatoms. The SMILES string of the molecule is CCN(CCOC)c1cc(C(F)(F)F)nc(Cl)n1. The van der Waals surface area contributed by atoms with E-state index in [2.05, 4.69) is 9.97 Å². The second-order valence-electron chi connectivity index (χ2n) is 3.45. The molecular formula is C10H13ClF3N3O. The van der Waals surface area contributed by atoms with E-state index in [9.17, 15) is 13.2 Å². The van der Waals surface area contributed by atoms with Crippen molar-refractivity contribution in [3.05, 3.63) is 17.0 Å². The molecule has 0 saturated carbocycles. The Morgan fingerprint density at radius 3 is 2.56 bits per heavy atom. The number of likely N-dealkylation sites (N-methyl/N-ethyl adjacent to an activating group) is 1. The lowest BCUT2D eigenvalue weighted by Crippen LogP contribution is -2.28. The van der Waals surface area contributed by atoms with Gasteiger partial charge in [0.15, 0.2) is 5.69 Å². The monoisotopic (exact) mass is 283 g/mol. The van der Waals surface area contributed by atoms with Gasteiger partial charge in [-0.05, 0) is 18.5 Å². The van der Waals surface area contributed by atoms with Crippen LogP contribution in [0.1, 0.15) is 12.6 Å². The summed E-state index contributed by atoms with van der Waals surface area (Å²) < 4.78 is 42.6. The first-order valence-corrected chi connectivity index (χ1v) is 5.62. The average molecular weight is 284 g/mol. The summed E-state index contributed by atoms with van der Waals surface area (Å²) in [6.07, 6.45) is -4.54. The number of hydrogen-bond acceptors (Lipinski definition) is 4. The number of hydrogen-bond donors (Lipinski definition) is 0. The molecule has 0 bridgehead atoms. The molecule has 1 aromatic heterocycles. The Hall–Kier alpha value is -1.08. The van der Waals surface area contributed by atoms with Gasteiger partial charge in [-0.25, -0.2) is 9.97 Å². The molecule has 0 saturated heterocycles. The van der Waals surface area contributed by atoms with E-state index in [1.54, 1.807) is 11.8 Å². The van der Waals surface area contributed by atoms with Crippen molar-refractivity contribution in [3.8, 4) is 0 Å². The Bertz CT molecular complexity index is 400. The van der Waals surface area contributed by atoms with Gasteiger partial charge in [0.2, 0.25) is 5.28 Å². The highest BCUT2D eigenvalue weighted by atomic mass is 35.5. The summed E-state index contributed by atoms with van der Waals surface area (Å²) in [4.78, 5) is 8.60. The zero-order valence-electron chi connectivity index (χ0n) is 9.96. The highest BCUT2D eigenvalue weighted by Gasteiger charge is 2.34. The molecule has 0 aliphatic rings. The summed E-state index contributed by atoms with van der Waals surface area (Å²) in [6.45, 7) is 3.11. The van der Waals surface area contributed by atoms with Crippen LogP contribution in [0.2, 0.25) is 5.28 Å². The first kappa shape index (κ1) is 15.0. The minimum absolute atomic E-state index is 0.141. The molecule has 0 N–H and O–H groups in total. The van der Waals surface area contributed by atoms with Gasteiger partial charge >= 0.3 is 6.18 Å². The molecular weight excluding hydrogens is 271 g/mol. The minimum atomic E-state index is -4.54. The van der Waals surface area contributed by atoms with E-state index in [0.29, 0.717) is 19.7 Å². The molecule has 1 aromatic rings. The van der Waals surface area contributed by atoms with Crippen molar-refractivity contribution in [2.24, 2.45) is 0 Å². The van der Waals surface area contributed by atoms with Crippen molar-refractivity contribution >= 4 is 17.4 Å². The van der Waals surface area contributed by atoms with Gasteiger partial charge < -0.3 is 9.64 Å². The Balaban J connectivity index is 3.04. The van der Waals surface area contributed by atoms with Crippen LogP contribution in [-0.2, 0) is 10.9 Å². The van der Waals surface area contributed by atoms with Crippen molar-refractivity contribution in [1.29, 1.82) is 0 Å². The molecule has 0 spiro atoms. The number of aromatic nitrogens is 2. The molecule has 0 radical (unpaired) electrons. The third-order valence-electron chi connectivity index (χ3n) is 2.25. The predicted octanol–water partition coefficient (Wildman–Crippen LogP) is 2.62. The molecule has 0 unspecified atom stereocenters. The summed E-state index contributed by atoms with van der Waals surface area (Å²) in [5.41, 5.74) is -1.05. The van der Waals surface area contributed by atoms with Crippen molar-refractivity contribution in [2.45, 2.75) is 13.1 Å². The van der Waals surface area contributed by atoms with Crippen LogP contribution >= 0.6 is 11.6 Å². The number of methoxy groups -OCH3 is 1. The third-order valence-corrected chi connectivity index (χ3v) is 2.42.